The topological polar surface area (TPSA) is 98.8 Å². The van der Waals surface area contributed by atoms with Crippen LogP contribution in [0.15, 0.2) is 0 Å². The molecule has 0 aromatic heterocycles. The summed E-state index contributed by atoms with van der Waals surface area (Å²) in [6.45, 7) is 7.57. The minimum absolute atomic E-state index is 0.0364. The summed E-state index contributed by atoms with van der Waals surface area (Å²) in [5.74, 6) is -0.389. The summed E-state index contributed by atoms with van der Waals surface area (Å²) in [5, 5.41) is 2.20. The number of nitrogens with one attached hydrogen (secondary N) is 1. The molecule has 1 saturated heterocycles. The highest BCUT2D eigenvalue weighted by atomic mass is 32.2. The van der Waals surface area contributed by atoms with Gasteiger partial charge in [-0.3, -0.25) is 13.8 Å². The lowest BCUT2D eigenvalue weighted by Gasteiger charge is -2.27. The predicted molar refractivity (Wildman–Crippen MR) is 89.9 cm³/mol. The minimum Gasteiger partial charge on any atom is -0.458 e. The minimum atomic E-state index is -3.52. The predicted octanol–water partition coefficient (Wildman–Crippen LogP) is 1.22. The summed E-state index contributed by atoms with van der Waals surface area (Å²) in [6.07, 6.45) is 0.864. The molecule has 0 radical (unpaired) electrons. The van der Waals surface area contributed by atoms with E-state index in [-0.39, 0.29) is 24.3 Å². The number of amides is 1. The van der Waals surface area contributed by atoms with Crippen molar-refractivity contribution < 1.29 is 26.9 Å². The van der Waals surface area contributed by atoms with Gasteiger partial charge in [0.2, 0.25) is 5.91 Å². The van der Waals surface area contributed by atoms with Gasteiger partial charge in [0.05, 0.1) is 5.25 Å². The Hall–Kier alpha value is -1.15. The Bertz CT molecular complexity index is 671. The van der Waals surface area contributed by atoms with Gasteiger partial charge in [-0.15, -0.1) is 0 Å². The molecule has 1 N–H and O–H groups in total. The van der Waals surface area contributed by atoms with Gasteiger partial charge in [-0.2, -0.15) is 8.42 Å². The molecule has 1 heterocycles. The van der Waals surface area contributed by atoms with Gasteiger partial charge >= 0.3 is 5.97 Å². The van der Waals surface area contributed by atoms with E-state index in [1.165, 1.54) is 0 Å². The number of fused-ring (bicyclic) bond motifs is 1. The lowest BCUT2D eigenvalue weighted by atomic mass is 9.83. The second-order valence-corrected chi connectivity index (χ2v) is 10.4. The highest BCUT2D eigenvalue weighted by Crippen LogP contribution is 2.55. The van der Waals surface area contributed by atoms with Crippen LogP contribution in [0.3, 0.4) is 0 Å². The lowest BCUT2D eigenvalue weighted by molar-refractivity contribution is -0.156. The van der Waals surface area contributed by atoms with Crippen LogP contribution in [0.1, 0.15) is 47.0 Å². The van der Waals surface area contributed by atoms with Gasteiger partial charge in [0.25, 0.3) is 10.1 Å². The largest absolute Gasteiger partial charge is 0.458 e. The van der Waals surface area contributed by atoms with Crippen molar-refractivity contribution >= 4 is 22.0 Å². The highest BCUT2D eigenvalue weighted by Gasteiger charge is 2.65. The molecule has 25 heavy (non-hydrogen) atoms. The van der Waals surface area contributed by atoms with E-state index in [0.29, 0.717) is 12.3 Å². The first kappa shape index (κ1) is 18.6. The van der Waals surface area contributed by atoms with Gasteiger partial charge in [0.1, 0.15) is 18.8 Å². The maximum absolute atomic E-state index is 12.3. The van der Waals surface area contributed by atoms with E-state index in [9.17, 15) is 18.0 Å². The molecule has 7 nitrogen and oxygen atoms in total. The van der Waals surface area contributed by atoms with E-state index in [0.717, 1.165) is 12.8 Å². The fourth-order valence-corrected chi connectivity index (χ4v) is 6.62. The Morgan fingerprint density at radius 2 is 1.96 bits per heavy atom. The Balaban J connectivity index is 1.52. The van der Waals surface area contributed by atoms with Crippen molar-refractivity contribution in [2.45, 2.75) is 64.4 Å². The average molecular weight is 373 g/mol. The van der Waals surface area contributed by atoms with Gasteiger partial charge in [-0.05, 0) is 25.2 Å². The molecular weight excluding hydrogens is 346 g/mol. The molecule has 0 aromatic rings. The van der Waals surface area contributed by atoms with Crippen LogP contribution in [0.2, 0.25) is 0 Å². The highest BCUT2D eigenvalue weighted by molar-refractivity contribution is 7.87. The van der Waals surface area contributed by atoms with E-state index < -0.39 is 39.0 Å². The molecule has 3 rings (SSSR count). The van der Waals surface area contributed by atoms with E-state index in [1.54, 1.807) is 0 Å². The number of hydrogen-bond acceptors (Lipinski definition) is 6. The van der Waals surface area contributed by atoms with Crippen LogP contribution in [0.5, 0.6) is 0 Å². The number of hydrogen-bond donors (Lipinski definition) is 1. The lowest BCUT2D eigenvalue weighted by Crippen LogP contribution is -2.43. The summed E-state index contributed by atoms with van der Waals surface area (Å²) < 4.78 is 34.5. The van der Waals surface area contributed by atoms with Crippen molar-refractivity contribution in [2.75, 3.05) is 6.54 Å². The first-order chi connectivity index (χ1) is 11.5. The molecular formula is C17H27NO6S. The molecule has 0 spiro atoms. The third kappa shape index (κ3) is 3.43. The van der Waals surface area contributed by atoms with Crippen molar-refractivity contribution in [1.29, 1.82) is 0 Å². The molecule has 1 amide bonds. The molecule has 0 aromatic carbocycles. The summed E-state index contributed by atoms with van der Waals surface area (Å²) >= 11 is 0. The first-order valence-electron chi connectivity index (χ1n) is 8.91. The Labute approximate surface area is 148 Å². The van der Waals surface area contributed by atoms with Crippen LogP contribution in [0.25, 0.3) is 0 Å². The SMILES string of the molecule is CC(C)CC(C)(C)C(=O)NCC(=O)OC1C2CC3C1OS(=O)(=O)C3C2. The summed E-state index contributed by atoms with van der Waals surface area (Å²) in [6, 6.07) is 0. The van der Waals surface area contributed by atoms with Crippen LogP contribution in [0.4, 0.5) is 0 Å². The molecule has 3 fully saturated rings. The zero-order valence-corrected chi connectivity index (χ0v) is 16.0. The molecule has 3 aliphatic rings. The molecule has 2 aliphatic carbocycles. The van der Waals surface area contributed by atoms with E-state index in [4.69, 9.17) is 8.92 Å². The van der Waals surface area contributed by atoms with E-state index >= 15 is 0 Å². The fraction of sp³-hybridized carbons (Fsp3) is 0.882. The smallest absolute Gasteiger partial charge is 0.325 e. The van der Waals surface area contributed by atoms with Crippen LogP contribution < -0.4 is 5.32 Å². The Morgan fingerprint density at radius 3 is 2.60 bits per heavy atom. The summed E-state index contributed by atoms with van der Waals surface area (Å²) in [4.78, 5) is 24.4. The third-order valence-electron chi connectivity index (χ3n) is 5.61. The molecule has 1 aliphatic heterocycles. The molecule has 142 valence electrons. The second kappa shape index (κ2) is 6.23. The van der Waals surface area contributed by atoms with Crippen molar-refractivity contribution in [3.8, 4) is 0 Å². The molecule has 2 bridgehead atoms. The standard InChI is InChI=1S/C17H27NO6S/c1-9(2)7-17(3,4)16(20)18-8-13(19)23-14-10-5-11-12(6-10)25(21,22)24-15(11)14/h9-12,14-15H,5-8H2,1-4H3,(H,18,20). The number of esters is 1. The van der Waals surface area contributed by atoms with Gasteiger partial charge in [0, 0.05) is 17.3 Å². The quantitative estimate of drug-likeness (QED) is 0.555. The normalized spacial score (nSPS) is 35.2. The maximum atomic E-state index is 12.3. The number of carbonyl (C=O) groups is 2. The fourth-order valence-electron chi connectivity index (χ4n) is 4.74. The summed E-state index contributed by atoms with van der Waals surface area (Å²) in [7, 11) is -3.52. The Kier molecular flexibility index (Phi) is 4.64. The average Bonchev–Trinajstić information content (AvgIpc) is 3.07. The zero-order chi connectivity index (χ0) is 18.6. The van der Waals surface area contributed by atoms with Crippen LogP contribution >= 0.6 is 0 Å². The summed E-state index contributed by atoms with van der Waals surface area (Å²) in [5.41, 5.74) is -0.559. The Morgan fingerprint density at radius 1 is 1.28 bits per heavy atom. The number of ether oxygens (including phenoxy) is 1. The first-order valence-corrected chi connectivity index (χ1v) is 10.4. The van der Waals surface area contributed by atoms with Gasteiger partial charge in [-0.1, -0.05) is 27.7 Å². The zero-order valence-electron chi connectivity index (χ0n) is 15.2. The molecule has 2 saturated carbocycles. The van der Waals surface area contributed by atoms with Crippen molar-refractivity contribution in [1.82, 2.24) is 5.32 Å². The molecule has 8 heteroatoms. The van der Waals surface area contributed by atoms with E-state index in [1.807, 2.05) is 27.7 Å². The third-order valence-corrected chi connectivity index (χ3v) is 7.38. The number of carbonyl (C=O) groups excluding carboxylic acids is 2. The van der Waals surface area contributed by atoms with Crippen molar-refractivity contribution in [3.63, 3.8) is 0 Å². The van der Waals surface area contributed by atoms with Crippen LogP contribution in [-0.4, -0.2) is 44.3 Å². The molecule has 5 atom stereocenters. The van der Waals surface area contributed by atoms with Crippen molar-refractivity contribution in [2.24, 2.45) is 23.2 Å². The van der Waals surface area contributed by atoms with Gasteiger partial charge in [-0.25, -0.2) is 0 Å². The number of rotatable bonds is 6. The molecule has 5 unspecified atom stereocenters. The van der Waals surface area contributed by atoms with Crippen molar-refractivity contribution in [3.05, 3.63) is 0 Å². The van der Waals surface area contributed by atoms with Gasteiger partial charge in [0.15, 0.2) is 0 Å². The van der Waals surface area contributed by atoms with Gasteiger partial charge < -0.3 is 10.1 Å². The van der Waals surface area contributed by atoms with Crippen LogP contribution in [-0.2, 0) is 28.6 Å². The second-order valence-electron chi connectivity index (χ2n) is 8.61. The monoisotopic (exact) mass is 373 g/mol. The van der Waals surface area contributed by atoms with Crippen LogP contribution in [0, 0.1) is 23.2 Å². The maximum Gasteiger partial charge on any atom is 0.325 e. The van der Waals surface area contributed by atoms with E-state index in [2.05, 4.69) is 5.32 Å².